The standard InChI is InChI=1S/C42H32N4O2/c1-42(2)25-48-37-8-4-6-35-39(37)46(42)41(44-35)29-15-11-27(12-16-29)31-18-20-32-23-30(17-19-33(32)24-31)26-9-13-28(14-10-26)40-43-34-5-3-7-36-38(34)45(40)21-22-47-36/h3-20,23-24H,21-22,25H2,1-2H3. The summed E-state index contributed by atoms with van der Waals surface area (Å²) in [5.41, 5.74) is 10.9. The van der Waals surface area contributed by atoms with Crippen LogP contribution in [0.3, 0.4) is 0 Å². The van der Waals surface area contributed by atoms with Gasteiger partial charge in [-0.15, -0.1) is 0 Å². The van der Waals surface area contributed by atoms with Gasteiger partial charge in [-0.2, -0.15) is 0 Å². The molecule has 6 nitrogen and oxygen atoms in total. The fourth-order valence-electron chi connectivity index (χ4n) is 7.50. The van der Waals surface area contributed by atoms with Crippen LogP contribution >= 0.6 is 0 Å². The summed E-state index contributed by atoms with van der Waals surface area (Å²) in [4.78, 5) is 10.00. The van der Waals surface area contributed by atoms with Crippen LogP contribution in [0.15, 0.2) is 121 Å². The maximum absolute atomic E-state index is 6.08. The highest BCUT2D eigenvalue weighted by Crippen LogP contribution is 2.40. The predicted octanol–water partition coefficient (Wildman–Crippen LogP) is 9.73. The largest absolute Gasteiger partial charge is 0.489 e. The van der Waals surface area contributed by atoms with Crippen LogP contribution in [0.5, 0.6) is 11.5 Å². The Bertz CT molecular complexity index is 2560. The predicted molar refractivity (Wildman–Crippen MR) is 193 cm³/mol. The number of para-hydroxylation sites is 2. The minimum atomic E-state index is -0.193. The van der Waals surface area contributed by atoms with E-state index in [1.165, 1.54) is 33.0 Å². The topological polar surface area (TPSA) is 54.1 Å². The van der Waals surface area contributed by atoms with E-state index >= 15 is 0 Å². The Morgan fingerprint density at radius 3 is 1.71 bits per heavy atom. The summed E-state index contributed by atoms with van der Waals surface area (Å²) in [6, 6.07) is 43.2. The molecule has 232 valence electrons. The second-order valence-corrected chi connectivity index (χ2v) is 13.5. The van der Waals surface area contributed by atoms with Gasteiger partial charge in [-0.1, -0.05) is 84.9 Å². The fraction of sp³-hybridized carbons (Fsp3) is 0.143. The fourth-order valence-corrected chi connectivity index (χ4v) is 7.50. The molecule has 6 heteroatoms. The van der Waals surface area contributed by atoms with E-state index in [0.29, 0.717) is 13.2 Å². The first-order valence-electron chi connectivity index (χ1n) is 16.5. The zero-order valence-electron chi connectivity index (χ0n) is 26.8. The molecule has 8 aromatic rings. The summed E-state index contributed by atoms with van der Waals surface area (Å²) in [5.74, 6) is 3.79. The minimum Gasteiger partial charge on any atom is -0.489 e. The Morgan fingerprint density at radius 1 is 0.542 bits per heavy atom. The first-order chi connectivity index (χ1) is 23.5. The van der Waals surface area contributed by atoms with E-state index in [0.717, 1.165) is 62.9 Å². The number of ether oxygens (including phenoxy) is 2. The lowest BCUT2D eigenvalue weighted by atomic mass is 9.96. The molecule has 6 aromatic carbocycles. The molecule has 0 fully saturated rings. The van der Waals surface area contributed by atoms with Gasteiger partial charge >= 0.3 is 0 Å². The van der Waals surface area contributed by atoms with Crippen LogP contribution in [0.25, 0.3) is 77.9 Å². The molecule has 0 atom stereocenters. The number of benzene rings is 6. The first kappa shape index (κ1) is 27.3. The van der Waals surface area contributed by atoms with E-state index in [4.69, 9.17) is 19.4 Å². The van der Waals surface area contributed by atoms with Crippen LogP contribution in [0.2, 0.25) is 0 Å². The van der Waals surface area contributed by atoms with Gasteiger partial charge in [0.15, 0.2) is 0 Å². The summed E-state index contributed by atoms with van der Waals surface area (Å²) in [5, 5.41) is 2.44. The van der Waals surface area contributed by atoms with Crippen molar-refractivity contribution in [3.63, 3.8) is 0 Å². The minimum absolute atomic E-state index is 0.193. The van der Waals surface area contributed by atoms with E-state index in [-0.39, 0.29) is 5.54 Å². The van der Waals surface area contributed by atoms with Gasteiger partial charge < -0.3 is 18.6 Å². The molecular weight excluding hydrogens is 592 g/mol. The van der Waals surface area contributed by atoms with Gasteiger partial charge in [-0.3, -0.25) is 0 Å². The molecule has 48 heavy (non-hydrogen) atoms. The van der Waals surface area contributed by atoms with Crippen LogP contribution in [0.4, 0.5) is 0 Å². The third-order valence-electron chi connectivity index (χ3n) is 9.92. The lowest BCUT2D eigenvalue weighted by Gasteiger charge is -2.33. The Morgan fingerprint density at radius 2 is 1.06 bits per heavy atom. The third-order valence-corrected chi connectivity index (χ3v) is 9.92. The van der Waals surface area contributed by atoms with Crippen molar-refractivity contribution in [1.29, 1.82) is 0 Å². The van der Waals surface area contributed by atoms with Crippen LogP contribution in [0, 0.1) is 0 Å². The molecule has 0 unspecified atom stereocenters. The molecule has 0 spiro atoms. The lowest BCUT2D eigenvalue weighted by molar-refractivity contribution is 0.173. The normalized spacial score (nSPS) is 14.7. The Hall–Kier alpha value is -5.88. The van der Waals surface area contributed by atoms with Crippen molar-refractivity contribution in [1.82, 2.24) is 19.1 Å². The van der Waals surface area contributed by atoms with Gasteiger partial charge in [0.2, 0.25) is 0 Å². The molecule has 0 amide bonds. The number of imidazole rings is 2. The molecule has 2 aromatic heterocycles. The van der Waals surface area contributed by atoms with Gasteiger partial charge in [-0.25, -0.2) is 9.97 Å². The Balaban J connectivity index is 0.937. The monoisotopic (exact) mass is 624 g/mol. The summed E-state index contributed by atoms with van der Waals surface area (Å²) in [7, 11) is 0. The van der Waals surface area contributed by atoms with Gasteiger partial charge in [0.25, 0.3) is 0 Å². The Kier molecular flexibility index (Phi) is 5.71. The maximum Gasteiger partial charge on any atom is 0.145 e. The summed E-state index contributed by atoms with van der Waals surface area (Å²) in [6.45, 7) is 6.50. The third kappa shape index (κ3) is 4.12. The number of hydrogen-bond acceptors (Lipinski definition) is 4. The van der Waals surface area contributed by atoms with Crippen molar-refractivity contribution in [2.24, 2.45) is 0 Å². The van der Waals surface area contributed by atoms with E-state index in [1.807, 2.05) is 24.3 Å². The average molecular weight is 625 g/mol. The molecule has 0 N–H and O–H groups in total. The smallest absolute Gasteiger partial charge is 0.145 e. The molecule has 0 bridgehead atoms. The quantitative estimate of drug-likeness (QED) is 0.196. The van der Waals surface area contributed by atoms with Crippen LogP contribution in [0.1, 0.15) is 13.8 Å². The molecular formula is C42H32N4O2. The van der Waals surface area contributed by atoms with Crippen molar-refractivity contribution in [3.8, 4) is 56.5 Å². The highest BCUT2D eigenvalue weighted by molar-refractivity contribution is 5.92. The summed E-state index contributed by atoms with van der Waals surface area (Å²) < 4.78 is 16.6. The number of aromatic nitrogens is 4. The van der Waals surface area contributed by atoms with E-state index in [9.17, 15) is 0 Å². The second-order valence-electron chi connectivity index (χ2n) is 13.5. The highest BCUT2D eigenvalue weighted by Gasteiger charge is 2.33. The molecule has 2 aliphatic heterocycles. The van der Waals surface area contributed by atoms with Crippen molar-refractivity contribution in [3.05, 3.63) is 121 Å². The number of rotatable bonds is 4. The van der Waals surface area contributed by atoms with Crippen molar-refractivity contribution < 1.29 is 9.47 Å². The van der Waals surface area contributed by atoms with Gasteiger partial charge in [0.05, 0.1) is 23.1 Å². The zero-order chi connectivity index (χ0) is 32.0. The lowest BCUT2D eigenvalue weighted by Crippen LogP contribution is -2.36. The molecule has 0 saturated carbocycles. The van der Waals surface area contributed by atoms with Crippen LogP contribution in [-0.2, 0) is 12.1 Å². The average Bonchev–Trinajstić information content (AvgIpc) is 3.72. The number of fused-ring (bicyclic) bond motifs is 1. The molecule has 4 heterocycles. The zero-order valence-corrected chi connectivity index (χ0v) is 26.8. The van der Waals surface area contributed by atoms with Crippen LogP contribution < -0.4 is 9.47 Å². The van der Waals surface area contributed by atoms with E-state index < -0.39 is 0 Å². The van der Waals surface area contributed by atoms with Crippen molar-refractivity contribution >= 4 is 32.8 Å². The van der Waals surface area contributed by atoms with Crippen LogP contribution in [-0.4, -0.2) is 32.3 Å². The van der Waals surface area contributed by atoms with E-state index in [1.54, 1.807) is 0 Å². The van der Waals surface area contributed by atoms with Gasteiger partial charge in [0, 0.05) is 11.1 Å². The molecule has 0 saturated heterocycles. The number of hydrogen-bond donors (Lipinski definition) is 0. The van der Waals surface area contributed by atoms with Crippen molar-refractivity contribution in [2.75, 3.05) is 13.2 Å². The first-order valence-corrected chi connectivity index (χ1v) is 16.5. The van der Waals surface area contributed by atoms with Gasteiger partial charge in [0.1, 0.15) is 47.4 Å². The molecule has 0 radical (unpaired) electrons. The number of nitrogens with zero attached hydrogens (tertiary/aromatic N) is 4. The highest BCUT2D eigenvalue weighted by atomic mass is 16.5. The molecule has 10 rings (SSSR count). The van der Waals surface area contributed by atoms with E-state index in [2.05, 4.69) is 120 Å². The summed E-state index contributed by atoms with van der Waals surface area (Å²) >= 11 is 0. The van der Waals surface area contributed by atoms with Crippen molar-refractivity contribution in [2.45, 2.75) is 25.9 Å². The maximum atomic E-state index is 6.08. The molecule has 0 aliphatic carbocycles. The second kappa shape index (κ2) is 10.1. The SMILES string of the molecule is CC1(C)COc2cccc3nc(-c4ccc(-c5ccc6cc(-c7ccc(-c8nc9cccc%10c9n8CCO%10)cc7)ccc6c5)cc4)n1c23. The molecule has 2 aliphatic rings. The summed E-state index contributed by atoms with van der Waals surface area (Å²) in [6.07, 6.45) is 0. The van der Waals surface area contributed by atoms with Gasteiger partial charge in [-0.05, 0) is 83.3 Å². The Labute approximate surface area is 277 Å².